The summed E-state index contributed by atoms with van der Waals surface area (Å²) in [5, 5.41) is 5.45. The number of ketones is 3. The number of urea groups is 1. The SMILES string of the molecule is CCCCCCc1nc(N)nc2ccn(Cc3ccc(CN4CC(N(C)C(=O)OCc5ccc(CC(=O)[C@H](CCCNC(N)=O)NC(=O)[C@@H](CC(=O)CCOCCOCCOCCOCCCC(=O)CCC(=O)N6Cc7ccccc7C#Cc7ccccc76)C(C)C)cc5)C4)cc3OC)c12. The fraction of sp³-hybridized carbons (Fsp3) is 0.494. The number of primary amides is 1. The largest absolute Gasteiger partial charge is 0.496 e. The van der Waals surface area contributed by atoms with Crippen LogP contribution in [0, 0.1) is 23.7 Å². The van der Waals surface area contributed by atoms with Crippen LogP contribution in [0.1, 0.15) is 142 Å². The number of nitrogens with zero attached hydrogens (tertiary/aromatic N) is 6. The molecule has 0 radical (unpaired) electrons. The number of para-hydroxylation sites is 1. The van der Waals surface area contributed by atoms with Crippen molar-refractivity contribution in [2.75, 3.05) is 97.3 Å². The Balaban J connectivity index is 0.667. The molecule has 100 heavy (non-hydrogen) atoms. The number of unbranched alkanes of at least 4 members (excludes halogenated alkanes) is 3. The Morgan fingerprint density at radius 3 is 2.11 bits per heavy atom. The molecule has 8 rings (SSSR count). The summed E-state index contributed by atoms with van der Waals surface area (Å²) < 4.78 is 36.3. The first-order valence-electron chi connectivity index (χ1n) is 35.1. The highest BCUT2D eigenvalue weighted by atomic mass is 16.6. The second kappa shape index (κ2) is 40.3. The van der Waals surface area contributed by atoms with Crippen molar-refractivity contribution in [2.45, 2.75) is 149 Å². The van der Waals surface area contributed by atoms with E-state index in [1.807, 2.05) is 74.6 Å². The number of fused-ring (bicyclic) bond motifs is 3. The summed E-state index contributed by atoms with van der Waals surface area (Å²) in [5.41, 5.74) is 21.1. The molecule has 536 valence electrons. The molecule has 5 amide bonds. The minimum Gasteiger partial charge on any atom is -0.496 e. The van der Waals surface area contributed by atoms with E-state index >= 15 is 0 Å². The Kier molecular flexibility index (Phi) is 30.9. The summed E-state index contributed by atoms with van der Waals surface area (Å²) >= 11 is 0. The van der Waals surface area contributed by atoms with Crippen molar-refractivity contribution in [2.24, 2.45) is 17.6 Å². The number of hydrogen-bond acceptors (Lipinski definition) is 17. The van der Waals surface area contributed by atoms with Gasteiger partial charge < -0.3 is 64.9 Å². The van der Waals surface area contributed by atoms with E-state index in [2.05, 4.69) is 67.0 Å². The van der Waals surface area contributed by atoms with E-state index in [4.69, 9.17) is 39.9 Å². The number of carbonyl (C=O) groups is 7. The van der Waals surface area contributed by atoms with Crippen LogP contribution >= 0.6 is 0 Å². The first-order chi connectivity index (χ1) is 48.5. The third-order valence-corrected chi connectivity index (χ3v) is 18.0. The van der Waals surface area contributed by atoms with E-state index in [9.17, 15) is 33.6 Å². The number of amides is 5. The second-order valence-electron chi connectivity index (χ2n) is 26.0. The molecule has 6 aromatic rings. The first kappa shape index (κ1) is 76.7. The van der Waals surface area contributed by atoms with Gasteiger partial charge in [-0.25, -0.2) is 19.6 Å². The number of rotatable bonds is 44. The maximum Gasteiger partial charge on any atom is 0.410 e. The maximum absolute atomic E-state index is 13.9. The van der Waals surface area contributed by atoms with E-state index in [0.717, 1.165) is 87.2 Å². The van der Waals surface area contributed by atoms with Gasteiger partial charge in [0.05, 0.1) is 101 Å². The number of ether oxygens (including phenoxy) is 6. The summed E-state index contributed by atoms with van der Waals surface area (Å²) in [4.78, 5) is 107. The number of aryl methyl sites for hydroxylation is 1. The topological polar surface area (TPSA) is 291 Å². The number of benzene rings is 4. The van der Waals surface area contributed by atoms with Crippen LogP contribution in [0.4, 0.5) is 21.2 Å². The highest BCUT2D eigenvalue weighted by Crippen LogP contribution is 2.30. The van der Waals surface area contributed by atoms with Crippen molar-refractivity contribution in [3.63, 3.8) is 0 Å². The molecule has 23 nitrogen and oxygen atoms in total. The van der Waals surface area contributed by atoms with Gasteiger partial charge in [-0.05, 0) is 90.6 Å². The number of likely N-dealkylation sites (N-methyl/N-ethyl adjacent to an activating group) is 1. The number of nitrogens with two attached hydrogens (primary N) is 2. The lowest BCUT2D eigenvalue weighted by Gasteiger charge is -2.43. The van der Waals surface area contributed by atoms with Gasteiger partial charge in [0.25, 0.3) is 0 Å². The van der Waals surface area contributed by atoms with Crippen molar-refractivity contribution in [1.29, 1.82) is 0 Å². The van der Waals surface area contributed by atoms with E-state index in [1.165, 1.54) is 6.42 Å². The fourth-order valence-electron chi connectivity index (χ4n) is 12.2. The molecule has 2 atom stereocenters. The Bertz CT molecular complexity index is 3750. The van der Waals surface area contributed by atoms with Crippen molar-refractivity contribution in [1.82, 2.24) is 35.0 Å². The molecule has 0 unspecified atom stereocenters. The van der Waals surface area contributed by atoms with Crippen molar-refractivity contribution >= 4 is 64.0 Å². The predicted octanol–water partition coefficient (Wildman–Crippen LogP) is 9.45. The van der Waals surface area contributed by atoms with E-state index in [1.54, 1.807) is 48.2 Å². The van der Waals surface area contributed by atoms with Gasteiger partial charge in [0.1, 0.15) is 23.9 Å². The van der Waals surface area contributed by atoms with Crippen LogP contribution < -0.4 is 31.7 Å². The Labute approximate surface area is 587 Å². The van der Waals surface area contributed by atoms with Gasteiger partial charge in [0.15, 0.2) is 5.78 Å². The Morgan fingerprint density at radius 2 is 1.39 bits per heavy atom. The lowest BCUT2D eigenvalue weighted by Crippen LogP contribution is -2.59. The lowest BCUT2D eigenvalue weighted by molar-refractivity contribution is -0.134. The number of aromatic nitrogens is 3. The van der Waals surface area contributed by atoms with E-state index in [0.29, 0.717) is 103 Å². The normalized spacial score (nSPS) is 13.4. The summed E-state index contributed by atoms with van der Waals surface area (Å²) in [6, 6.07) is 29.2. The molecule has 0 saturated carbocycles. The van der Waals surface area contributed by atoms with Gasteiger partial charge in [0.2, 0.25) is 17.8 Å². The maximum atomic E-state index is 13.9. The fourth-order valence-corrected chi connectivity index (χ4v) is 12.2. The third kappa shape index (κ3) is 24.1. The van der Waals surface area contributed by atoms with Crippen molar-refractivity contribution in [3.05, 3.63) is 148 Å². The number of carbonyl (C=O) groups excluding carboxylic acids is 7. The van der Waals surface area contributed by atoms with Crippen molar-refractivity contribution < 1.29 is 62.0 Å². The number of methoxy groups -OCH3 is 1. The van der Waals surface area contributed by atoms with E-state index < -0.39 is 30.0 Å². The lowest BCUT2D eigenvalue weighted by atomic mass is 9.88. The number of Topliss-reactive ketones (excluding diaryl/α,β-unsaturated/α-hetero) is 3. The van der Waals surface area contributed by atoms with Crippen LogP contribution in [-0.4, -0.2) is 164 Å². The van der Waals surface area contributed by atoms with Gasteiger partial charge in [-0.1, -0.05) is 119 Å². The molecule has 0 bridgehead atoms. The summed E-state index contributed by atoms with van der Waals surface area (Å²) in [5.74, 6) is 5.65. The van der Waals surface area contributed by atoms with Gasteiger partial charge in [-0.2, -0.15) is 0 Å². The molecule has 23 heteroatoms. The molecular weight excluding hydrogens is 1270 g/mol. The number of hydrogen-bond donors (Lipinski definition) is 4. The summed E-state index contributed by atoms with van der Waals surface area (Å²) in [6.45, 7) is 11.7. The van der Waals surface area contributed by atoms with Gasteiger partial charge in [-0.15, -0.1) is 0 Å². The smallest absolute Gasteiger partial charge is 0.410 e. The molecule has 4 aromatic carbocycles. The predicted molar refractivity (Wildman–Crippen MR) is 382 cm³/mol. The molecule has 2 aliphatic heterocycles. The average molecular weight is 1370 g/mol. The van der Waals surface area contributed by atoms with Gasteiger partial charge >= 0.3 is 12.1 Å². The van der Waals surface area contributed by atoms with Crippen LogP contribution in [0.15, 0.2) is 103 Å². The molecule has 4 heterocycles. The van der Waals surface area contributed by atoms with E-state index in [-0.39, 0.29) is 100 Å². The molecule has 0 spiro atoms. The Morgan fingerprint density at radius 1 is 0.710 bits per heavy atom. The monoisotopic (exact) mass is 1370 g/mol. The number of likely N-dealkylation sites (tertiary alicyclic amines) is 1. The number of anilines is 2. The standard InChI is InChI=1S/C77H100N10O13/c1-6-7-8-9-20-67-73-68(83-75(78)82-67)33-36-86(73)49-61-28-27-57(46-71(61)95-5)48-85-51-62(52-85)84(4)77(94)100-53-56-25-23-55(24-26-56)45-70(90)66(21-14-35-80-76(79)93)81-74(92)65(54(2)3)47-64(89)34-38-97-40-42-99-44-43-98-41-39-96-37-15-19-63(88)31-32-72(91)87-50-60-18-11-10-16-58(60)29-30-59-17-12-13-22-69(59)87/h10-13,16-18,22-28,33,36,46,54,62,65-66H,6-9,14-15,19-21,31-32,34-35,37-45,47-53H2,1-5H3,(H,81,92)(H2,78,82,83)(H3,79,80,93)/t65-,66-/m0/s1. The molecule has 6 N–H and O–H groups in total. The first-order valence-corrected chi connectivity index (χ1v) is 35.1. The minimum atomic E-state index is -0.901. The molecule has 1 fully saturated rings. The number of nitrogens with one attached hydrogen (secondary N) is 2. The minimum absolute atomic E-state index is 0.00183. The molecular formula is C77H100N10O13. The molecule has 1 saturated heterocycles. The summed E-state index contributed by atoms with van der Waals surface area (Å²) in [6.07, 6.45) is 8.73. The van der Waals surface area contributed by atoms with Crippen LogP contribution in [-0.2, 0) is 86.7 Å². The highest BCUT2D eigenvalue weighted by molar-refractivity contribution is 5.97. The molecule has 2 aliphatic rings. The van der Waals surface area contributed by atoms with Gasteiger partial charge in [-0.3, -0.25) is 28.9 Å². The van der Waals surface area contributed by atoms with Crippen LogP contribution in [0.25, 0.3) is 11.0 Å². The molecule has 2 aromatic heterocycles. The molecule has 0 aliphatic carbocycles. The Hall–Kier alpha value is -9.05. The van der Waals surface area contributed by atoms with Crippen LogP contribution in [0.2, 0.25) is 0 Å². The number of nitrogen functional groups attached to an aromatic ring is 1. The average Bonchev–Trinajstić information content (AvgIpc) is 1.55. The summed E-state index contributed by atoms with van der Waals surface area (Å²) in [7, 11) is 3.43. The van der Waals surface area contributed by atoms with Crippen LogP contribution in [0.5, 0.6) is 5.75 Å². The third-order valence-electron chi connectivity index (χ3n) is 18.0. The van der Waals surface area contributed by atoms with Gasteiger partial charge in [0, 0.05) is 107 Å². The highest BCUT2D eigenvalue weighted by Gasteiger charge is 2.34. The zero-order valence-electron chi connectivity index (χ0n) is 58.8. The van der Waals surface area contributed by atoms with Crippen molar-refractivity contribution in [3.8, 4) is 17.6 Å². The van der Waals surface area contributed by atoms with Crippen LogP contribution in [0.3, 0.4) is 0 Å². The zero-order valence-corrected chi connectivity index (χ0v) is 58.8. The second-order valence-corrected chi connectivity index (χ2v) is 26.0. The quantitative estimate of drug-likeness (QED) is 0.0204. The zero-order chi connectivity index (χ0) is 71.2.